The molecule has 0 saturated heterocycles. The van der Waals surface area contributed by atoms with Crippen LogP contribution < -0.4 is 5.32 Å². The van der Waals surface area contributed by atoms with Crippen LogP contribution >= 0.6 is 22.7 Å². The number of anilines is 1. The summed E-state index contributed by atoms with van der Waals surface area (Å²) in [5, 5.41) is 14.4. The second-order valence-electron chi connectivity index (χ2n) is 5.68. The Morgan fingerprint density at radius 2 is 2.12 bits per heavy atom. The third-order valence-electron chi connectivity index (χ3n) is 4.10. The lowest BCUT2D eigenvalue weighted by Crippen LogP contribution is -2.22. The number of benzene rings is 1. The number of carboxylic acid groups (broad SMARTS) is 1. The van der Waals surface area contributed by atoms with Gasteiger partial charge in [0.1, 0.15) is 10.7 Å². The third-order valence-corrected chi connectivity index (χ3v) is 6.38. The largest absolute Gasteiger partial charge is 0.477 e. The summed E-state index contributed by atoms with van der Waals surface area (Å²) >= 11 is 2.69. The summed E-state index contributed by atoms with van der Waals surface area (Å²) in [5.41, 5.74) is 1.31. The molecule has 126 valence electrons. The topological polar surface area (TPSA) is 66.4 Å². The zero-order valence-corrected chi connectivity index (χ0v) is 14.4. The SMILES string of the molecule is O=C1C[C@H](c2cccs2)c2sc(C(=O)O)c(-c3cccc(F)c3)c2N1. The molecule has 0 fully saturated rings. The summed E-state index contributed by atoms with van der Waals surface area (Å²) in [6, 6.07) is 9.62. The molecule has 3 heterocycles. The summed E-state index contributed by atoms with van der Waals surface area (Å²) in [4.78, 5) is 25.9. The molecule has 0 aliphatic carbocycles. The fourth-order valence-corrected chi connectivity index (χ4v) is 5.22. The van der Waals surface area contributed by atoms with Crippen LogP contribution in [0.2, 0.25) is 0 Å². The molecule has 2 N–H and O–H groups in total. The monoisotopic (exact) mass is 373 g/mol. The average Bonchev–Trinajstić information content (AvgIpc) is 3.21. The van der Waals surface area contributed by atoms with Crippen LogP contribution in [0.15, 0.2) is 41.8 Å². The van der Waals surface area contributed by atoms with Crippen molar-refractivity contribution in [2.45, 2.75) is 12.3 Å². The summed E-state index contributed by atoms with van der Waals surface area (Å²) < 4.78 is 13.7. The molecule has 25 heavy (non-hydrogen) atoms. The van der Waals surface area contributed by atoms with Gasteiger partial charge in [0.05, 0.1) is 5.69 Å². The molecule has 0 unspecified atom stereocenters. The zero-order chi connectivity index (χ0) is 17.6. The van der Waals surface area contributed by atoms with E-state index in [9.17, 15) is 19.1 Å². The molecular weight excluding hydrogens is 361 g/mol. The smallest absolute Gasteiger partial charge is 0.346 e. The van der Waals surface area contributed by atoms with Crippen molar-refractivity contribution >= 4 is 40.2 Å². The lowest BCUT2D eigenvalue weighted by atomic mass is 9.93. The highest BCUT2D eigenvalue weighted by Crippen LogP contribution is 2.50. The first-order valence-electron chi connectivity index (χ1n) is 7.53. The number of rotatable bonds is 3. The van der Waals surface area contributed by atoms with E-state index >= 15 is 0 Å². The van der Waals surface area contributed by atoms with Gasteiger partial charge in [-0.3, -0.25) is 4.79 Å². The minimum absolute atomic E-state index is 0.111. The van der Waals surface area contributed by atoms with Crippen molar-refractivity contribution in [3.8, 4) is 11.1 Å². The van der Waals surface area contributed by atoms with E-state index in [0.717, 1.165) is 21.1 Å². The molecule has 2 aromatic heterocycles. The van der Waals surface area contributed by atoms with Gasteiger partial charge in [0, 0.05) is 27.7 Å². The molecule has 1 aliphatic heterocycles. The van der Waals surface area contributed by atoms with Crippen LogP contribution in [0.5, 0.6) is 0 Å². The molecule has 4 rings (SSSR count). The van der Waals surface area contributed by atoms with Crippen molar-refractivity contribution in [3.05, 3.63) is 62.2 Å². The number of halogens is 1. The van der Waals surface area contributed by atoms with Crippen molar-refractivity contribution in [3.63, 3.8) is 0 Å². The first-order chi connectivity index (χ1) is 12.0. The van der Waals surface area contributed by atoms with Crippen LogP contribution in [0.1, 0.15) is 31.8 Å². The summed E-state index contributed by atoms with van der Waals surface area (Å²) in [6.45, 7) is 0. The molecule has 1 aromatic carbocycles. The van der Waals surface area contributed by atoms with Gasteiger partial charge < -0.3 is 10.4 Å². The van der Waals surface area contributed by atoms with E-state index in [1.807, 2.05) is 17.5 Å². The van der Waals surface area contributed by atoms with Gasteiger partial charge in [0.25, 0.3) is 0 Å². The maximum absolute atomic E-state index is 13.7. The van der Waals surface area contributed by atoms with Gasteiger partial charge in [0.15, 0.2) is 0 Å². The second kappa shape index (κ2) is 6.09. The highest BCUT2D eigenvalue weighted by atomic mass is 32.1. The van der Waals surface area contributed by atoms with Crippen molar-refractivity contribution in [2.24, 2.45) is 0 Å². The molecule has 1 amide bonds. The Balaban J connectivity index is 1.96. The van der Waals surface area contributed by atoms with Crippen LogP contribution in [-0.2, 0) is 4.79 Å². The Kier molecular flexibility index (Phi) is 3.89. The number of carboxylic acids is 1. The number of nitrogens with one attached hydrogen (secondary N) is 1. The fraction of sp³-hybridized carbons (Fsp3) is 0.111. The highest BCUT2D eigenvalue weighted by molar-refractivity contribution is 7.15. The summed E-state index contributed by atoms with van der Waals surface area (Å²) in [7, 11) is 0. The summed E-state index contributed by atoms with van der Waals surface area (Å²) in [6.07, 6.45) is 0.273. The first-order valence-corrected chi connectivity index (χ1v) is 9.23. The highest BCUT2D eigenvalue weighted by Gasteiger charge is 2.34. The van der Waals surface area contributed by atoms with Crippen LogP contribution in [0, 0.1) is 5.82 Å². The van der Waals surface area contributed by atoms with E-state index < -0.39 is 11.8 Å². The van der Waals surface area contributed by atoms with Crippen molar-refractivity contribution in [2.75, 3.05) is 5.32 Å². The Hall–Kier alpha value is -2.51. The van der Waals surface area contributed by atoms with Crippen molar-refractivity contribution < 1.29 is 19.1 Å². The maximum Gasteiger partial charge on any atom is 0.346 e. The molecule has 1 atom stereocenters. The van der Waals surface area contributed by atoms with Gasteiger partial charge in [-0.15, -0.1) is 22.7 Å². The standard InChI is InChI=1S/C18H12FNO3S2/c19-10-4-1-3-9(7-10)14-15-16(25-17(14)18(22)23)11(8-13(21)20-15)12-5-2-6-24-12/h1-7,11H,8H2,(H,20,21)(H,22,23)/t11-/m1/s1. The predicted octanol–water partition coefficient (Wildman–Crippen LogP) is 4.79. The molecule has 0 radical (unpaired) electrons. The average molecular weight is 373 g/mol. The van der Waals surface area contributed by atoms with Crippen LogP contribution in [0.4, 0.5) is 10.1 Å². The zero-order valence-electron chi connectivity index (χ0n) is 12.8. The van der Waals surface area contributed by atoms with Gasteiger partial charge >= 0.3 is 5.97 Å². The quantitative estimate of drug-likeness (QED) is 0.694. The summed E-state index contributed by atoms with van der Waals surface area (Å²) in [5.74, 6) is -1.88. The van der Waals surface area contributed by atoms with E-state index in [4.69, 9.17) is 0 Å². The van der Waals surface area contributed by atoms with Gasteiger partial charge in [-0.1, -0.05) is 18.2 Å². The minimum atomic E-state index is -1.09. The van der Waals surface area contributed by atoms with Gasteiger partial charge in [-0.25, -0.2) is 9.18 Å². The molecule has 1 aliphatic rings. The number of fused-ring (bicyclic) bond motifs is 1. The predicted molar refractivity (Wildman–Crippen MR) is 96.1 cm³/mol. The van der Waals surface area contributed by atoms with Crippen molar-refractivity contribution in [1.82, 2.24) is 0 Å². The minimum Gasteiger partial charge on any atom is -0.477 e. The van der Waals surface area contributed by atoms with Gasteiger partial charge in [0.2, 0.25) is 5.91 Å². The third kappa shape index (κ3) is 2.75. The van der Waals surface area contributed by atoms with E-state index in [2.05, 4.69) is 5.32 Å². The number of amides is 1. The first kappa shape index (κ1) is 16.0. The molecular formula is C18H12FNO3S2. The molecule has 0 saturated carbocycles. The second-order valence-corrected chi connectivity index (χ2v) is 7.71. The van der Waals surface area contributed by atoms with Crippen LogP contribution in [0.3, 0.4) is 0 Å². The number of hydrogen-bond donors (Lipinski definition) is 2. The van der Waals surface area contributed by atoms with Crippen molar-refractivity contribution in [1.29, 1.82) is 0 Å². The van der Waals surface area contributed by atoms with E-state index in [0.29, 0.717) is 16.8 Å². The number of thiophene rings is 2. The molecule has 7 heteroatoms. The molecule has 4 nitrogen and oxygen atoms in total. The van der Waals surface area contributed by atoms with E-state index in [1.54, 1.807) is 6.07 Å². The van der Waals surface area contributed by atoms with Crippen LogP contribution in [-0.4, -0.2) is 17.0 Å². The Morgan fingerprint density at radius 1 is 1.28 bits per heavy atom. The van der Waals surface area contributed by atoms with E-state index in [1.165, 1.54) is 29.5 Å². The fourth-order valence-electron chi connectivity index (χ4n) is 3.08. The van der Waals surface area contributed by atoms with E-state index in [-0.39, 0.29) is 23.1 Å². The molecule has 3 aromatic rings. The Bertz CT molecular complexity index is 978. The lowest BCUT2D eigenvalue weighted by Gasteiger charge is -2.22. The van der Waals surface area contributed by atoms with Gasteiger partial charge in [-0.2, -0.15) is 0 Å². The lowest BCUT2D eigenvalue weighted by molar-refractivity contribution is -0.116. The van der Waals surface area contributed by atoms with Crippen LogP contribution in [0.25, 0.3) is 11.1 Å². The Labute approximate surface area is 150 Å². The number of carbonyl (C=O) groups is 2. The van der Waals surface area contributed by atoms with Gasteiger partial charge in [-0.05, 0) is 29.1 Å². The molecule has 0 bridgehead atoms. The normalized spacial score (nSPS) is 16.4. The Morgan fingerprint density at radius 3 is 2.80 bits per heavy atom. The number of hydrogen-bond acceptors (Lipinski definition) is 4. The number of carbonyl (C=O) groups excluding carboxylic acids is 1. The molecule has 0 spiro atoms. The maximum atomic E-state index is 13.7. The number of aromatic carboxylic acids is 1.